The topological polar surface area (TPSA) is 43.0 Å². The maximum absolute atomic E-state index is 5.54. The van der Waals surface area contributed by atoms with Crippen molar-refractivity contribution in [1.29, 1.82) is 0 Å². The fraction of sp³-hybridized carbons (Fsp3) is 0.364. The molecule has 0 saturated carbocycles. The predicted molar refractivity (Wildman–Crippen MR) is 56.4 cm³/mol. The fourth-order valence-corrected chi connectivity index (χ4v) is 2.03. The van der Waals surface area contributed by atoms with Crippen LogP contribution in [0.4, 0.5) is 0 Å². The molecule has 0 bridgehead atoms. The zero-order valence-corrected chi connectivity index (χ0v) is 8.66. The molecule has 4 heteroatoms. The van der Waals surface area contributed by atoms with Crippen LogP contribution in [0.1, 0.15) is 11.6 Å². The molecule has 0 atom stereocenters. The molecular weight excluding hydrogens is 190 g/mol. The number of rotatable bonds is 1. The van der Waals surface area contributed by atoms with Crippen molar-refractivity contribution >= 4 is 0 Å². The molecule has 0 aromatic carbocycles. The summed E-state index contributed by atoms with van der Waals surface area (Å²) in [6, 6.07) is 4.24. The summed E-state index contributed by atoms with van der Waals surface area (Å²) in [5.74, 6) is 1.58. The van der Waals surface area contributed by atoms with E-state index in [0.29, 0.717) is 0 Å². The number of hydrogen-bond donors (Lipinski definition) is 1. The molecule has 0 unspecified atom stereocenters. The second kappa shape index (κ2) is 3.24. The van der Waals surface area contributed by atoms with Crippen molar-refractivity contribution in [2.75, 3.05) is 6.54 Å². The van der Waals surface area contributed by atoms with Crippen LogP contribution in [0.15, 0.2) is 22.7 Å². The van der Waals surface area contributed by atoms with Gasteiger partial charge >= 0.3 is 0 Å². The molecule has 0 aliphatic carbocycles. The second-order valence-electron chi connectivity index (χ2n) is 3.78. The van der Waals surface area contributed by atoms with Crippen molar-refractivity contribution in [2.24, 2.45) is 0 Å². The molecule has 0 fully saturated rings. The van der Waals surface area contributed by atoms with E-state index in [9.17, 15) is 0 Å². The summed E-state index contributed by atoms with van der Waals surface area (Å²) < 4.78 is 7.83. The highest BCUT2D eigenvalue weighted by atomic mass is 16.4. The minimum Gasteiger partial charge on any atom is -0.439 e. The van der Waals surface area contributed by atoms with Crippen LogP contribution < -0.4 is 5.32 Å². The molecule has 0 radical (unpaired) electrons. The Hall–Kier alpha value is -1.55. The first-order valence-corrected chi connectivity index (χ1v) is 5.16. The maximum atomic E-state index is 5.54. The van der Waals surface area contributed by atoms with E-state index in [-0.39, 0.29) is 0 Å². The van der Waals surface area contributed by atoms with Crippen molar-refractivity contribution in [1.82, 2.24) is 14.9 Å². The molecule has 2 aromatic heterocycles. The van der Waals surface area contributed by atoms with Gasteiger partial charge in [-0.05, 0) is 12.1 Å². The number of nitrogens with one attached hydrogen (secondary N) is 1. The lowest BCUT2D eigenvalue weighted by atomic mass is 10.3. The Balaban J connectivity index is 2.08. The van der Waals surface area contributed by atoms with Crippen LogP contribution in [0.2, 0.25) is 0 Å². The number of oxazole rings is 1. The van der Waals surface area contributed by atoms with Crippen molar-refractivity contribution in [2.45, 2.75) is 20.0 Å². The van der Waals surface area contributed by atoms with Crippen molar-refractivity contribution in [3.63, 3.8) is 0 Å². The van der Waals surface area contributed by atoms with Gasteiger partial charge in [-0.15, -0.1) is 0 Å². The first kappa shape index (κ1) is 8.73. The molecule has 3 heterocycles. The summed E-state index contributed by atoms with van der Waals surface area (Å²) in [6.45, 7) is 4.82. The van der Waals surface area contributed by atoms with E-state index in [0.717, 1.165) is 37.0 Å². The van der Waals surface area contributed by atoms with Crippen LogP contribution >= 0.6 is 0 Å². The molecule has 0 spiro atoms. The van der Waals surface area contributed by atoms with E-state index in [1.54, 1.807) is 6.20 Å². The Labute approximate surface area is 87.9 Å². The van der Waals surface area contributed by atoms with E-state index in [1.165, 1.54) is 5.69 Å². The van der Waals surface area contributed by atoms with Gasteiger partial charge in [-0.3, -0.25) is 0 Å². The molecule has 1 N–H and O–H groups in total. The molecule has 1 aliphatic rings. The Kier molecular flexibility index (Phi) is 1.89. The normalized spacial score (nSPS) is 15.3. The van der Waals surface area contributed by atoms with Crippen molar-refractivity contribution in [3.8, 4) is 11.5 Å². The smallest absolute Gasteiger partial charge is 0.191 e. The predicted octanol–water partition coefficient (Wildman–Crippen LogP) is 1.55. The van der Waals surface area contributed by atoms with Crippen LogP contribution in [-0.2, 0) is 13.1 Å². The van der Waals surface area contributed by atoms with Crippen LogP contribution in [-0.4, -0.2) is 16.1 Å². The van der Waals surface area contributed by atoms with Gasteiger partial charge in [0.15, 0.2) is 11.7 Å². The molecule has 3 rings (SSSR count). The van der Waals surface area contributed by atoms with E-state index >= 15 is 0 Å². The minimum atomic E-state index is 0.717. The average molecular weight is 203 g/mol. The van der Waals surface area contributed by atoms with E-state index in [4.69, 9.17) is 4.42 Å². The summed E-state index contributed by atoms with van der Waals surface area (Å²) in [5, 5.41) is 3.34. The Morgan fingerprint density at radius 3 is 3.20 bits per heavy atom. The fourth-order valence-electron chi connectivity index (χ4n) is 2.03. The minimum absolute atomic E-state index is 0.717. The third-order valence-corrected chi connectivity index (χ3v) is 2.76. The lowest BCUT2D eigenvalue weighted by Gasteiger charge is -2.18. The maximum Gasteiger partial charge on any atom is 0.191 e. The summed E-state index contributed by atoms with van der Waals surface area (Å²) in [5.41, 5.74) is 2.44. The number of aromatic nitrogens is 2. The monoisotopic (exact) mass is 203 g/mol. The van der Waals surface area contributed by atoms with E-state index in [1.807, 2.05) is 6.92 Å². The lowest BCUT2D eigenvalue weighted by molar-refractivity contribution is 0.500. The highest BCUT2D eigenvalue weighted by Gasteiger charge is 2.15. The average Bonchev–Trinajstić information content (AvgIpc) is 2.83. The first-order valence-electron chi connectivity index (χ1n) is 5.16. The number of fused-ring (bicyclic) bond motifs is 1. The standard InChI is InChI=1S/C11H13N3O/c1-8-13-7-11(15-8)10-3-2-9-6-12-4-5-14(9)10/h2-3,7,12H,4-6H2,1H3. The van der Waals surface area contributed by atoms with Crippen molar-refractivity contribution in [3.05, 3.63) is 29.9 Å². The summed E-state index contributed by atoms with van der Waals surface area (Å²) in [7, 11) is 0. The highest BCUT2D eigenvalue weighted by molar-refractivity contribution is 5.53. The summed E-state index contributed by atoms with van der Waals surface area (Å²) in [4.78, 5) is 4.13. The third kappa shape index (κ3) is 1.37. The molecular formula is C11H13N3O. The number of hydrogen-bond acceptors (Lipinski definition) is 3. The van der Waals surface area contributed by atoms with Gasteiger partial charge in [-0.1, -0.05) is 0 Å². The first-order chi connectivity index (χ1) is 7.34. The third-order valence-electron chi connectivity index (χ3n) is 2.76. The lowest BCUT2D eigenvalue weighted by Crippen LogP contribution is -2.27. The highest BCUT2D eigenvalue weighted by Crippen LogP contribution is 2.24. The van der Waals surface area contributed by atoms with Crippen molar-refractivity contribution < 1.29 is 4.42 Å². The molecule has 78 valence electrons. The van der Waals surface area contributed by atoms with Gasteiger partial charge in [0.1, 0.15) is 0 Å². The summed E-state index contributed by atoms with van der Waals surface area (Å²) >= 11 is 0. The van der Waals surface area contributed by atoms with Gasteiger partial charge < -0.3 is 14.3 Å². The molecule has 0 amide bonds. The van der Waals surface area contributed by atoms with Crippen LogP contribution in [0.25, 0.3) is 11.5 Å². The van der Waals surface area contributed by atoms with Crippen LogP contribution in [0.5, 0.6) is 0 Å². The zero-order valence-electron chi connectivity index (χ0n) is 8.66. The van der Waals surface area contributed by atoms with Gasteiger partial charge in [0.2, 0.25) is 0 Å². The van der Waals surface area contributed by atoms with E-state index in [2.05, 4.69) is 27.0 Å². The molecule has 1 aliphatic heterocycles. The van der Waals surface area contributed by atoms with Gasteiger partial charge in [-0.25, -0.2) is 4.98 Å². The van der Waals surface area contributed by atoms with E-state index < -0.39 is 0 Å². The Bertz CT molecular complexity index is 484. The Morgan fingerprint density at radius 1 is 1.47 bits per heavy atom. The van der Waals surface area contributed by atoms with Gasteiger partial charge in [0, 0.05) is 32.3 Å². The molecule has 0 saturated heterocycles. The molecule has 4 nitrogen and oxygen atoms in total. The number of nitrogens with zero attached hydrogens (tertiary/aromatic N) is 2. The largest absolute Gasteiger partial charge is 0.439 e. The van der Waals surface area contributed by atoms with Gasteiger partial charge in [0.25, 0.3) is 0 Å². The van der Waals surface area contributed by atoms with Gasteiger partial charge in [-0.2, -0.15) is 0 Å². The van der Waals surface area contributed by atoms with Gasteiger partial charge in [0.05, 0.1) is 11.9 Å². The second-order valence-corrected chi connectivity index (χ2v) is 3.78. The molecule has 2 aromatic rings. The van der Waals surface area contributed by atoms with Crippen LogP contribution in [0.3, 0.4) is 0 Å². The Morgan fingerprint density at radius 2 is 2.40 bits per heavy atom. The SMILES string of the molecule is Cc1ncc(-c2ccc3n2CCNC3)o1. The zero-order chi connectivity index (χ0) is 10.3. The summed E-state index contributed by atoms with van der Waals surface area (Å²) in [6.07, 6.45) is 1.79. The molecule has 15 heavy (non-hydrogen) atoms. The quantitative estimate of drug-likeness (QED) is 0.764. The number of aryl methyl sites for hydroxylation is 1. The van der Waals surface area contributed by atoms with Crippen LogP contribution in [0, 0.1) is 6.92 Å².